The molecule has 1 atom stereocenters. The van der Waals surface area contributed by atoms with Gasteiger partial charge in [-0.15, -0.1) is 0 Å². The van der Waals surface area contributed by atoms with Crippen LogP contribution in [0.25, 0.3) is 0 Å². The van der Waals surface area contributed by atoms with E-state index in [0.717, 1.165) is 35.5 Å². The average molecular weight is 370 g/mol. The molecule has 146 valence electrons. The fourth-order valence-corrected chi connectivity index (χ4v) is 2.85. The maximum absolute atomic E-state index is 12.5. The highest BCUT2D eigenvalue weighted by atomic mass is 16.5. The highest BCUT2D eigenvalue weighted by Gasteiger charge is 2.18. The molecule has 0 aromatic heterocycles. The summed E-state index contributed by atoms with van der Waals surface area (Å²) in [5.41, 5.74) is 3.41. The summed E-state index contributed by atoms with van der Waals surface area (Å²) in [6, 6.07) is 14.2. The maximum Gasteiger partial charge on any atom is 0.261 e. The van der Waals surface area contributed by atoms with Gasteiger partial charge in [0.05, 0.1) is 6.61 Å². The predicted molar refractivity (Wildman–Crippen MR) is 110 cm³/mol. The van der Waals surface area contributed by atoms with Gasteiger partial charge < -0.3 is 14.8 Å². The molecule has 2 rings (SSSR count). The van der Waals surface area contributed by atoms with E-state index in [1.54, 1.807) is 0 Å². The third kappa shape index (κ3) is 6.63. The zero-order chi connectivity index (χ0) is 19.6. The second kappa shape index (κ2) is 10.6. The second-order valence-corrected chi connectivity index (χ2v) is 6.76. The molecule has 0 spiro atoms. The van der Waals surface area contributed by atoms with Crippen LogP contribution in [0.5, 0.6) is 11.5 Å². The molecule has 0 unspecified atom stereocenters. The third-order valence-corrected chi connectivity index (χ3v) is 4.45. The Balaban J connectivity index is 1.78. The first-order valence-corrected chi connectivity index (χ1v) is 9.76. The van der Waals surface area contributed by atoms with Gasteiger partial charge in [-0.05, 0) is 74.9 Å². The largest absolute Gasteiger partial charge is 0.494 e. The van der Waals surface area contributed by atoms with Crippen LogP contribution in [0.2, 0.25) is 0 Å². The average Bonchev–Trinajstić information content (AvgIpc) is 2.67. The summed E-state index contributed by atoms with van der Waals surface area (Å²) in [4.78, 5) is 12.5. The van der Waals surface area contributed by atoms with E-state index < -0.39 is 6.10 Å². The van der Waals surface area contributed by atoms with E-state index in [9.17, 15) is 4.79 Å². The predicted octanol–water partition coefficient (Wildman–Crippen LogP) is 4.61. The molecule has 1 amide bonds. The summed E-state index contributed by atoms with van der Waals surface area (Å²) in [6.07, 6.45) is 1.98. The minimum atomic E-state index is -0.462. The van der Waals surface area contributed by atoms with Crippen molar-refractivity contribution in [3.63, 3.8) is 0 Å². The molecular weight excluding hydrogens is 338 g/mol. The van der Waals surface area contributed by atoms with E-state index in [-0.39, 0.29) is 5.91 Å². The number of carbonyl (C=O) groups is 1. The topological polar surface area (TPSA) is 47.6 Å². The van der Waals surface area contributed by atoms with Crippen molar-refractivity contribution < 1.29 is 14.3 Å². The molecule has 0 fully saturated rings. The zero-order valence-corrected chi connectivity index (χ0v) is 16.9. The smallest absolute Gasteiger partial charge is 0.261 e. The quantitative estimate of drug-likeness (QED) is 0.622. The Labute approximate surface area is 162 Å². The van der Waals surface area contributed by atoms with Gasteiger partial charge in [0.1, 0.15) is 11.5 Å². The Morgan fingerprint density at radius 1 is 1.07 bits per heavy atom. The number of rotatable bonds is 10. The van der Waals surface area contributed by atoms with Crippen LogP contribution < -0.4 is 14.8 Å². The summed E-state index contributed by atoms with van der Waals surface area (Å²) in [6.45, 7) is 9.27. The number of hydrogen-bond donors (Lipinski definition) is 1. The number of amides is 1. The van der Waals surface area contributed by atoms with E-state index in [1.807, 2.05) is 58.0 Å². The van der Waals surface area contributed by atoms with Crippen LogP contribution in [-0.2, 0) is 11.2 Å². The minimum absolute atomic E-state index is 0.0508. The van der Waals surface area contributed by atoms with Gasteiger partial charge in [-0.3, -0.25) is 4.79 Å². The van der Waals surface area contributed by atoms with Gasteiger partial charge >= 0.3 is 0 Å². The van der Waals surface area contributed by atoms with Crippen molar-refractivity contribution >= 4 is 5.91 Å². The molecule has 2 aromatic carbocycles. The molecule has 4 nitrogen and oxygen atoms in total. The number of hydrogen-bond acceptors (Lipinski definition) is 3. The maximum atomic E-state index is 12.5. The van der Waals surface area contributed by atoms with Gasteiger partial charge in [0, 0.05) is 6.54 Å². The minimum Gasteiger partial charge on any atom is -0.494 e. The lowest BCUT2D eigenvalue weighted by Gasteiger charge is -2.19. The van der Waals surface area contributed by atoms with Crippen molar-refractivity contribution in [2.24, 2.45) is 0 Å². The van der Waals surface area contributed by atoms with Crippen LogP contribution in [0.15, 0.2) is 42.5 Å². The van der Waals surface area contributed by atoms with E-state index in [1.165, 1.54) is 5.56 Å². The van der Waals surface area contributed by atoms with Gasteiger partial charge in [0.15, 0.2) is 6.10 Å². The van der Waals surface area contributed by atoms with Crippen molar-refractivity contribution in [1.82, 2.24) is 5.32 Å². The Bertz CT molecular complexity index is 725. The first kappa shape index (κ1) is 20.8. The molecule has 0 aliphatic carbocycles. The van der Waals surface area contributed by atoms with Crippen molar-refractivity contribution in [3.05, 3.63) is 59.2 Å². The molecule has 0 heterocycles. The summed E-state index contributed by atoms with van der Waals surface area (Å²) in [5, 5.41) is 3.00. The Hall–Kier alpha value is -2.49. The van der Waals surface area contributed by atoms with Crippen LogP contribution >= 0.6 is 0 Å². The lowest BCUT2D eigenvalue weighted by atomic mass is 10.1. The molecule has 27 heavy (non-hydrogen) atoms. The lowest BCUT2D eigenvalue weighted by Crippen LogP contribution is -2.38. The SMILES string of the molecule is CCOc1ccc(CCCNC(=O)[C@H](CC)Oc2cc(C)ccc2C)cc1. The number of benzene rings is 2. The highest BCUT2D eigenvalue weighted by Crippen LogP contribution is 2.21. The number of nitrogens with one attached hydrogen (secondary N) is 1. The number of aryl methyl sites for hydroxylation is 3. The molecule has 1 N–H and O–H groups in total. The first-order valence-electron chi connectivity index (χ1n) is 9.76. The first-order chi connectivity index (χ1) is 13.0. The molecule has 0 radical (unpaired) electrons. The molecule has 0 aliphatic rings. The van der Waals surface area contributed by atoms with E-state index in [0.29, 0.717) is 19.6 Å². The van der Waals surface area contributed by atoms with Crippen LogP contribution in [0.3, 0.4) is 0 Å². The van der Waals surface area contributed by atoms with E-state index in [4.69, 9.17) is 9.47 Å². The van der Waals surface area contributed by atoms with Crippen LogP contribution in [-0.4, -0.2) is 25.2 Å². The van der Waals surface area contributed by atoms with Gasteiger partial charge in [-0.25, -0.2) is 0 Å². The third-order valence-electron chi connectivity index (χ3n) is 4.45. The highest BCUT2D eigenvalue weighted by molar-refractivity contribution is 5.81. The van der Waals surface area contributed by atoms with Gasteiger partial charge in [0.2, 0.25) is 0 Å². The molecule has 0 aliphatic heterocycles. The van der Waals surface area contributed by atoms with Gasteiger partial charge in [-0.1, -0.05) is 31.2 Å². The molecule has 0 saturated carbocycles. The Morgan fingerprint density at radius 3 is 2.48 bits per heavy atom. The van der Waals surface area contributed by atoms with Crippen LogP contribution in [0.4, 0.5) is 0 Å². The molecule has 4 heteroatoms. The summed E-state index contributed by atoms with van der Waals surface area (Å²) in [7, 11) is 0. The summed E-state index contributed by atoms with van der Waals surface area (Å²) < 4.78 is 11.4. The van der Waals surface area contributed by atoms with Crippen LogP contribution in [0.1, 0.15) is 43.4 Å². The van der Waals surface area contributed by atoms with Crippen molar-refractivity contribution in [3.8, 4) is 11.5 Å². The number of ether oxygens (including phenoxy) is 2. The second-order valence-electron chi connectivity index (χ2n) is 6.76. The van der Waals surface area contributed by atoms with Crippen molar-refractivity contribution in [2.75, 3.05) is 13.2 Å². The van der Waals surface area contributed by atoms with Gasteiger partial charge in [-0.2, -0.15) is 0 Å². The zero-order valence-electron chi connectivity index (χ0n) is 16.9. The molecule has 0 saturated heterocycles. The normalized spacial score (nSPS) is 11.7. The summed E-state index contributed by atoms with van der Waals surface area (Å²) >= 11 is 0. The van der Waals surface area contributed by atoms with Crippen LogP contribution in [0, 0.1) is 13.8 Å². The molecule has 2 aromatic rings. The summed E-state index contributed by atoms with van der Waals surface area (Å²) in [5.74, 6) is 1.63. The molecular formula is C23H31NO3. The van der Waals surface area contributed by atoms with Gasteiger partial charge in [0.25, 0.3) is 5.91 Å². The fraction of sp³-hybridized carbons (Fsp3) is 0.435. The molecule has 0 bridgehead atoms. The Morgan fingerprint density at radius 2 is 1.81 bits per heavy atom. The van der Waals surface area contributed by atoms with E-state index >= 15 is 0 Å². The van der Waals surface area contributed by atoms with Crippen molar-refractivity contribution in [1.29, 1.82) is 0 Å². The van der Waals surface area contributed by atoms with E-state index in [2.05, 4.69) is 17.4 Å². The lowest BCUT2D eigenvalue weighted by molar-refractivity contribution is -0.128. The van der Waals surface area contributed by atoms with Crippen molar-refractivity contribution in [2.45, 2.75) is 53.1 Å². The fourth-order valence-electron chi connectivity index (χ4n) is 2.85. The monoisotopic (exact) mass is 369 g/mol. The number of carbonyl (C=O) groups excluding carboxylic acids is 1. The standard InChI is InChI=1S/C23H31NO3/c1-5-21(27-22-16-17(3)9-10-18(22)4)23(25)24-15-7-8-19-11-13-20(14-12-19)26-6-2/h9-14,16,21H,5-8,15H2,1-4H3,(H,24,25)/t21-/m0/s1. The Kier molecular flexibility index (Phi) is 8.18.